The standard InChI is InChI=1S/C6H6N4O2/c1-2-7-4-3(5(11)8-2)6(12)10-9-4/h1H3,(H3,7,8,9,10,11,12). The molecule has 0 amide bonds. The summed E-state index contributed by atoms with van der Waals surface area (Å²) in [6, 6.07) is 0. The Morgan fingerprint density at radius 2 is 1.92 bits per heavy atom. The van der Waals surface area contributed by atoms with Gasteiger partial charge in [0.05, 0.1) is 0 Å². The first-order valence-electron chi connectivity index (χ1n) is 3.36. The molecule has 0 saturated heterocycles. The molecule has 0 atom stereocenters. The normalized spacial score (nSPS) is 10.8. The van der Waals surface area contributed by atoms with E-state index < -0.39 is 11.1 Å². The van der Waals surface area contributed by atoms with Gasteiger partial charge in [-0.05, 0) is 6.92 Å². The number of fused-ring (bicyclic) bond motifs is 1. The van der Waals surface area contributed by atoms with Crippen LogP contribution >= 0.6 is 0 Å². The van der Waals surface area contributed by atoms with Gasteiger partial charge in [0.25, 0.3) is 11.1 Å². The van der Waals surface area contributed by atoms with Crippen LogP contribution in [0.1, 0.15) is 5.82 Å². The largest absolute Gasteiger partial charge is 0.310 e. The van der Waals surface area contributed by atoms with Crippen molar-refractivity contribution in [2.24, 2.45) is 0 Å². The molecule has 0 bridgehead atoms. The van der Waals surface area contributed by atoms with E-state index in [0.29, 0.717) is 11.5 Å². The second-order valence-corrected chi connectivity index (χ2v) is 2.45. The summed E-state index contributed by atoms with van der Waals surface area (Å²) in [5, 5.41) is 4.82. The van der Waals surface area contributed by atoms with Crippen LogP contribution in [0.5, 0.6) is 0 Å². The van der Waals surface area contributed by atoms with Crippen molar-refractivity contribution in [1.29, 1.82) is 0 Å². The Morgan fingerprint density at radius 3 is 2.67 bits per heavy atom. The van der Waals surface area contributed by atoms with Crippen molar-refractivity contribution >= 4 is 11.0 Å². The Bertz CT molecular complexity index is 532. The van der Waals surface area contributed by atoms with Gasteiger partial charge in [0, 0.05) is 0 Å². The Kier molecular flexibility index (Phi) is 1.18. The number of hydrogen-bond acceptors (Lipinski definition) is 3. The summed E-state index contributed by atoms with van der Waals surface area (Å²) in [4.78, 5) is 28.5. The number of nitrogens with zero attached hydrogens (tertiary/aromatic N) is 1. The molecule has 0 unspecified atom stereocenters. The highest BCUT2D eigenvalue weighted by Crippen LogP contribution is 1.94. The third kappa shape index (κ3) is 0.777. The Morgan fingerprint density at radius 1 is 1.17 bits per heavy atom. The maximum Gasteiger partial charge on any atom is 0.279 e. The third-order valence-corrected chi connectivity index (χ3v) is 1.56. The smallest absolute Gasteiger partial charge is 0.279 e. The number of rotatable bonds is 0. The molecule has 6 heteroatoms. The lowest BCUT2D eigenvalue weighted by Gasteiger charge is -1.89. The summed E-state index contributed by atoms with van der Waals surface area (Å²) < 4.78 is 0. The average Bonchev–Trinajstić information content (AvgIpc) is 2.31. The van der Waals surface area contributed by atoms with E-state index in [4.69, 9.17) is 0 Å². The van der Waals surface area contributed by atoms with Gasteiger partial charge in [0.2, 0.25) is 0 Å². The predicted octanol–water partition coefficient (Wildman–Crippen LogP) is -0.752. The van der Waals surface area contributed by atoms with E-state index in [1.807, 2.05) is 0 Å². The Balaban J connectivity index is 3.13. The summed E-state index contributed by atoms with van der Waals surface area (Å²) in [5.74, 6) is 0.475. The van der Waals surface area contributed by atoms with Crippen LogP contribution in [-0.2, 0) is 0 Å². The van der Waals surface area contributed by atoms with Crippen LogP contribution in [0.4, 0.5) is 0 Å². The third-order valence-electron chi connectivity index (χ3n) is 1.56. The highest BCUT2D eigenvalue weighted by atomic mass is 16.1. The highest BCUT2D eigenvalue weighted by molar-refractivity contribution is 5.71. The first kappa shape index (κ1) is 6.84. The molecule has 2 aromatic rings. The molecule has 2 heterocycles. The minimum atomic E-state index is -0.446. The summed E-state index contributed by atoms with van der Waals surface area (Å²) in [6.45, 7) is 1.64. The molecule has 0 radical (unpaired) electrons. The fourth-order valence-electron chi connectivity index (χ4n) is 1.07. The molecule has 3 N–H and O–H groups in total. The summed E-state index contributed by atoms with van der Waals surface area (Å²) in [5.41, 5.74) is -0.569. The molecule has 12 heavy (non-hydrogen) atoms. The first-order valence-corrected chi connectivity index (χ1v) is 3.36. The number of aryl methyl sites for hydroxylation is 1. The summed E-state index contributed by atoms with van der Waals surface area (Å²) >= 11 is 0. The van der Waals surface area contributed by atoms with Crippen molar-refractivity contribution in [2.75, 3.05) is 0 Å². The van der Waals surface area contributed by atoms with Crippen LogP contribution in [0.25, 0.3) is 11.0 Å². The summed E-state index contributed by atoms with van der Waals surface area (Å²) in [7, 11) is 0. The fourth-order valence-corrected chi connectivity index (χ4v) is 1.07. The molecule has 0 aromatic carbocycles. The number of aromatic amines is 3. The molecule has 0 aliphatic heterocycles. The van der Waals surface area contributed by atoms with E-state index in [-0.39, 0.29) is 5.39 Å². The second kappa shape index (κ2) is 2.07. The van der Waals surface area contributed by atoms with Gasteiger partial charge in [-0.15, -0.1) is 0 Å². The Labute approximate surface area is 65.6 Å². The van der Waals surface area contributed by atoms with Crippen LogP contribution in [0.3, 0.4) is 0 Å². The van der Waals surface area contributed by atoms with E-state index in [1.165, 1.54) is 0 Å². The zero-order chi connectivity index (χ0) is 8.72. The number of aromatic nitrogens is 4. The van der Waals surface area contributed by atoms with E-state index >= 15 is 0 Å². The average molecular weight is 166 g/mol. The molecule has 2 aromatic heterocycles. The molecule has 62 valence electrons. The van der Waals surface area contributed by atoms with Crippen molar-refractivity contribution < 1.29 is 0 Å². The van der Waals surface area contributed by atoms with Crippen LogP contribution in [-0.4, -0.2) is 20.2 Å². The molecule has 0 aliphatic carbocycles. The van der Waals surface area contributed by atoms with Crippen LogP contribution in [0, 0.1) is 6.92 Å². The van der Waals surface area contributed by atoms with Gasteiger partial charge in [-0.3, -0.25) is 19.8 Å². The molecule has 0 saturated carbocycles. The molecular weight excluding hydrogens is 160 g/mol. The van der Waals surface area contributed by atoms with Gasteiger partial charge in [0.1, 0.15) is 5.82 Å². The molecular formula is C6H6N4O2. The van der Waals surface area contributed by atoms with Gasteiger partial charge in [-0.25, -0.2) is 4.98 Å². The van der Waals surface area contributed by atoms with Crippen molar-refractivity contribution in [3.05, 3.63) is 26.5 Å². The number of nitrogens with one attached hydrogen (secondary N) is 3. The van der Waals surface area contributed by atoms with Gasteiger partial charge < -0.3 is 4.98 Å². The van der Waals surface area contributed by atoms with Crippen molar-refractivity contribution in [3.63, 3.8) is 0 Å². The first-order chi connectivity index (χ1) is 5.68. The monoisotopic (exact) mass is 166 g/mol. The van der Waals surface area contributed by atoms with Gasteiger partial charge in [-0.2, -0.15) is 0 Å². The highest BCUT2D eigenvalue weighted by Gasteiger charge is 2.06. The SMILES string of the molecule is Cc1nc2[nH][nH]c(=O)c2c(=O)[nH]1. The van der Waals surface area contributed by atoms with Crippen LogP contribution in [0.2, 0.25) is 0 Å². The lowest BCUT2D eigenvalue weighted by molar-refractivity contribution is 1.03. The van der Waals surface area contributed by atoms with E-state index in [9.17, 15) is 9.59 Å². The zero-order valence-electron chi connectivity index (χ0n) is 6.26. The zero-order valence-corrected chi connectivity index (χ0v) is 6.26. The maximum atomic E-state index is 11.1. The minimum Gasteiger partial charge on any atom is -0.310 e. The lowest BCUT2D eigenvalue weighted by Crippen LogP contribution is -2.15. The van der Waals surface area contributed by atoms with Gasteiger partial charge >= 0.3 is 0 Å². The van der Waals surface area contributed by atoms with Crippen molar-refractivity contribution in [1.82, 2.24) is 20.2 Å². The summed E-state index contributed by atoms with van der Waals surface area (Å²) in [6.07, 6.45) is 0. The predicted molar refractivity (Wildman–Crippen MR) is 42.1 cm³/mol. The topological polar surface area (TPSA) is 94.4 Å². The molecule has 2 rings (SSSR count). The second-order valence-electron chi connectivity index (χ2n) is 2.45. The molecule has 6 nitrogen and oxygen atoms in total. The van der Waals surface area contributed by atoms with Crippen LogP contribution < -0.4 is 11.1 Å². The van der Waals surface area contributed by atoms with Gasteiger partial charge in [-0.1, -0.05) is 0 Å². The van der Waals surface area contributed by atoms with E-state index in [0.717, 1.165) is 0 Å². The van der Waals surface area contributed by atoms with Crippen molar-refractivity contribution in [2.45, 2.75) is 6.92 Å². The molecule has 0 spiro atoms. The Hall–Kier alpha value is -1.85. The maximum absolute atomic E-state index is 11.1. The molecule has 0 aliphatic rings. The number of H-pyrrole nitrogens is 3. The van der Waals surface area contributed by atoms with E-state index in [1.54, 1.807) is 6.92 Å². The minimum absolute atomic E-state index is 0.0422. The van der Waals surface area contributed by atoms with Crippen molar-refractivity contribution in [3.8, 4) is 0 Å². The van der Waals surface area contributed by atoms with E-state index in [2.05, 4.69) is 20.2 Å². The number of hydrogen-bond donors (Lipinski definition) is 3. The fraction of sp³-hybridized carbons (Fsp3) is 0.167. The molecule has 0 fully saturated rings. The van der Waals surface area contributed by atoms with Crippen LogP contribution in [0.15, 0.2) is 9.59 Å². The lowest BCUT2D eigenvalue weighted by atomic mass is 10.4. The quantitative estimate of drug-likeness (QED) is 0.480. The van der Waals surface area contributed by atoms with Gasteiger partial charge in [0.15, 0.2) is 11.0 Å².